The van der Waals surface area contributed by atoms with Crippen LogP contribution in [0.5, 0.6) is 0 Å². The Bertz CT molecular complexity index is 708. The number of carboxylic acids is 1. The van der Waals surface area contributed by atoms with Gasteiger partial charge in [-0.1, -0.05) is 153 Å². The van der Waals surface area contributed by atoms with E-state index in [-0.39, 0.29) is 12.1 Å². The minimum absolute atomic E-state index is 0.0149. The van der Waals surface area contributed by atoms with Gasteiger partial charge in [0.2, 0.25) is 0 Å². The Hall–Kier alpha value is -1.84. The smallest absolute Gasteiger partial charge is 0.306 e. The number of hydrogen-bond donors (Lipinski definition) is 1. The fourth-order valence-electron chi connectivity index (χ4n) is 5.61. The molecule has 0 aliphatic heterocycles. The monoisotopic (exact) mass is 617 g/mol. The maximum atomic E-state index is 12.6. The van der Waals surface area contributed by atoms with Gasteiger partial charge in [0, 0.05) is 12.8 Å². The van der Waals surface area contributed by atoms with E-state index < -0.39 is 5.97 Å². The largest absolute Gasteiger partial charge is 0.481 e. The first-order valence-corrected chi connectivity index (χ1v) is 19.0. The van der Waals surface area contributed by atoms with Gasteiger partial charge in [-0.05, 0) is 70.6 Å². The van der Waals surface area contributed by atoms with Crippen molar-refractivity contribution in [2.45, 2.75) is 206 Å². The van der Waals surface area contributed by atoms with Crippen molar-refractivity contribution in [1.82, 2.24) is 0 Å². The second-order valence-electron chi connectivity index (χ2n) is 12.7. The van der Waals surface area contributed by atoms with Crippen molar-refractivity contribution in [2.24, 2.45) is 0 Å². The normalized spacial score (nSPS) is 12.6. The molecule has 0 aromatic heterocycles. The Morgan fingerprint density at radius 1 is 0.523 bits per heavy atom. The van der Waals surface area contributed by atoms with Crippen LogP contribution in [0, 0.1) is 0 Å². The lowest BCUT2D eigenvalue weighted by Gasteiger charge is -2.18. The van der Waals surface area contributed by atoms with Crippen LogP contribution in [0.2, 0.25) is 0 Å². The van der Waals surface area contributed by atoms with E-state index in [0.717, 1.165) is 77.0 Å². The highest BCUT2D eigenvalue weighted by molar-refractivity contribution is 5.69. The van der Waals surface area contributed by atoms with Crippen molar-refractivity contribution in [3.63, 3.8) is 0 Å². The van der Waals surface area contributed by atoms with Gasteiger partial charge in [-0.2, -0.15) is 0 Å². The summed E-state index contributed by atoms with van der Waals surface area (Å²) >= 11 is 0. The van der Waals surface area contributed by atoms with Gasteiger partial charge in [0.1, 0.15) is 6.10 Å². The summed E-state index contributed by atoms with van der Waals surface area (Å²) in [6, 6.07) is 0. The lowest BCUT2D eigenvalue weighted by molar-refractivity contribution is -0.150. The molecule has 0 fully saturated rings. The number of carbonyl (C=O) groups excluding carboxylic acids is 1. The third kappa shape index (κ3) is 34.6. The fraction of sp³-hybridized carbons (Fsp3) is 0.800. The minimum Gasteiger partial charge on any atom is -0.481 e. The van der Waals surface area contributed by atoms with E-state index in [2.05, 4.69) is 50.3 Å². The molecular formula is C40H72O4. The molecule has 0 saturated carbocycles. The molecule has 0 amide bonds. The van der Waals surface area contributed by atoms with Gasteiger partial charge in [0.05, 0.1) is 0 Å². The van der Waals surface area contributed by atoms with Gasteiger partial charge in [-0.3, -0.25) is 9.59 Å². The summed E-state index contributed by atoms with van der Waals surface area (Å²) in [5.74, 6) is -0.669. The van der Waals surface area contributed by atoms with Gasteiger partial charge >= 0.3 is 11.9 Å². The Balaban J connectivity index is 3.78. The standard InChI is InChI=1S/C40H72O4/c1-3-5-7-9-10-11-12-13-14-15-16-17-18-19-20-21-26-29-33-37-40(43)44-38(34-30-8-6-4-2)35-31-27-24-22-23-25-28-32-36-39(41)42/h5,7,10-11,13-14,38H,3-4,6,8-9,12,15-37H2,1-2H3,(H,41,42)/b7-5-,11-10-,14-13-. The lowest BCUT2D eigenvalue weighted by atomic mass is 10.0. The summed E-state index contributed by atoms with van der Waals surface area (Å²) in [7, 11) is 0. The molecule has 0 radical (unpaired) electrons. The number of ether oxygens (including phenoxy) is 1. The molecular weight excluding hydrogens is 544 g/mol. The lowest BCUT2D eigenvalue weighted by Crippen LogP contribution is -2.18. The van der Waals surface area contributed by atoms with Crippen molar-refractivity contribution in [2.75, 3.05) is 0 Å². The van der Waals surface area contributed by atoms with Crippen LogP contribution in [0.4, 0.5) is 0 Å². The first-order chi connectivity index (χ1) is 21.6. The molecule has 4 nitrogen and oxygen atoms in total. The number of esters is 1. The van der Waals surface area contributed by atoms with Crippen LogP contribution in [0.1, 0.15) is 200 Å². The van der Waals surface area contributed by atoms with Crippen molar-refractivity contribution in [1.29, 1.82) is 0 Å². The number of rotatable bonds is 34. The molecule has 0 bridgehead atoms. The SMILES string of the molecule is CC/C=C\C/C=C\C/C=C\CCCCCCCCCCCC(=O)OC(CCCCCC)CCCCCCCCCCC(=O)O. The number of hydrogen-bond acceptors (Lipinski definition) is 3. The number of aliphatic carboxylic acids is 1. The molecule has 1 atom stereocenters. The summed E-state index contributed by atoms with van der Waals surface area (Å²) < 4.78 is 5.96. The van der Waals surface area contributed by atoms with Crippen molar-refractivity contribution >= 4 is 11.9 Å². The molecule has 0 aromatic rings. The summed E-state index contributed by atoms with van der Waals surface area (Å²) in [6.45, 7) is 4.40. The Labute approximate surface area is 273 Å². The van der Waals surface area contributed by atoms with Crippen LogP contribution in [0.25, 0.3) is 0 Å². The molecule has 0 saturated heterocycles. The molecule has 1 unspecified atom stereocenters. The molecule has 0 heterocycles. The second kappa shape index (κ2) is 35.6. The predicted octanol–water partition coefficient (Wildman–Crippen LogP) is 13.0. The first-order valence-electron chi connectivity index (χ1n) is 19.0. The zero-order valence-corrected chi connectivity index (χ0v) is 29.2. The fourth-order valence-corrected chi connectivity index (χ4v) is 5.61. The topological polar surface area (TPSA) is 63.6 Å². The Morgan fingerprint density at radius 2 is 0.955 bits per heavy atom. The molecule has 4 heteroatoms. The van der Waals surface area contributed by atoms with Crippen LogP contribution < -0.4 is 0 Å². The van der Waals surface area contributed by atoms with E-state index in [1.165, 1.54) is 96.3 Å². The van der Waals surface area contributed by atoms with Crippen molar-refractivity contribution < 1.29 is 19.4 Å². The highest BCUT2D eigenvalue weighted by Crippen LogP contribution is 2.18. The molecule has 0 rings (SSSR count). The van der Waals surface area contributed by atoms with Gasteiger partial charge < -0.3 is 9.84 Å². The highest BCUT2D eigenvalue weighted by atomic mass is 16.5. The summed E-state index contributed by atoms with van der Waals surface area (Å²) in [5, 5.41) is 8.71. The zero-order chi connectivity index (χ0) is 32.2. The van der Waals surface area contributed by atoms with Gasteiger partial charge in [-0.25, -0.2) is 0 Å². The van der Waals surface area contributed by atoms with Crippen LogP contribution in [-0.4, -0.2) is 23.1 Å². The average molecular weight is 617 g/mol. The zero-order valence-electron chi connectivity index (χ0n) is 29.2. The highest BCUT2D eigenvalue weighted by Gasteiger charge is 2.14. The van der Waals surface area contributed by atoms with Crippen LogP contribution in [-0.2, 0) is 14.3 Å². The van der Waals surface area contributed by atoms with E-state index >= 15 is 0 Å². The van der Waals surface area contributed by atoms with E-state index in [1.54, 1.807) is 0 Å². The van der Waals surface area contributed by atoms with Crippen LogP contribution in [0.15, 0.2) is 36.5 Å². The molecule has 44 heavy (non-hydrogen) atoms. The van der Waals surface area contributed by atoms with E-state index in [9.17, 15) is 9.59 Å². The van der Waals surface area contributed by atoms with Gasteiger partial charge in [-0.15, -0.1) is 0 Å². The van der Waals surface area contributed by atoms with Gasteiger partial charge in [0.25, 0.3) is 0 Å². The van der Waals surface area contributed by atoms with E-state index in [4.69, 9.17) is 9.84 Å². The summed E-state index contributed by atoms with van der Waals surface area (Å²) in [4.78, 5) is 23.1. The number of unbranched alkanes of at least 4 members (excludes halogenated alkanes) is 19. The number of allylic oxidation sites excluding steroid dienone is 6. The van der Waals surface area contributed by atoms with Crippen molar-refractivity contribution in [3.8, 4) is 0 Å². The predicted molar refractivity (Wildman–Crippen MR) is 190 cm³/mol. The third-order valence-electron chi connectivity index (χ3n) is 8.38. The molecule has 0 aliphatic carbocycles. The molecule has 1 N–H and O–H groups in total. The third-order valence-corrected chi connectivity index (χ3v) is 8.38. The number of carbonyl (C=O) groups is 2. The first kappa shape index (κ1) is 42.2. The molecule has 0 aliphatic rings. The summed E-state index contributed by atoms with van der Waals surface area (Å²) in [5.41, 5.74) is 0. The van der Waals surface area contributed by atoms with Crippen LogP contribution >= 0.6 is 0 Å². The minimum atomic E-state index is -0.684. The maximum absolute atomic E-state index is 12.6. The average Bonchev–Trinajstić information content (AvgIpc) is 3.01. The summed E-state index contributed by atoms with van der Waals surface area (Å²) in [6.07, 6.45) is 46.1. The quantitative estimate of drug-likeness (QED) is 0.0444. The second-order valence-corrected chi connectivity index (χ2v) is 12.7. The van der Waals surface area contributed by atoms with Crippen LogP contribution in [0.3, 0.4) is 0 Å². The Morgan fingerprint density at radius 3 is 1.48 bits per heavy atom. The molecule has 0 spiro atoms. The maximum Gasteiger partial charge on any atom is 0.306 e. The molecule has 256 valence electrons. The molecule has 0 aromatic carbocycles. The number of carboxylic acid groups (broad SMARTS) is 1. The van der Waals surface area contributed by atoms with E-state index in [0.29, 0.717) is 12.8 Å². The Kier molecular flexibility index (Phi) is 34.1. The van der Waals surface area contributed by atoms with Gasteiger partial charge in [0.15, 0.2) is 0 Å². The van der Waals surface area contributed by atoms with E-state index in [1.807, 2.05) is 0 Å². The van der Waals surface area contributed by atoms with Crippen molar-refractivity contribution in [3.05, 3.63) is 36.5 Å².